The first kappa shape index (κ1) is 13.1. The summed E-state index contributed by atoms with van der Waals surface area (Å²) < 4.78 is 10.2. The molecule has 1 aromatic rings. The van der Waals surface area contributed by atoms with Crippen LogP contribution in [0.15, 0.2) is 24.3 Å². The molecule has 0 bridgehead atoms. The molecular weight excluding hydrogens is 216 g/mol. The van der Waals surface area contributed by atoms with Crippen molar-refractivity contribution < 1.29 is 14.3 Å². The maximum atomic E-state index is 10.8. The van der Waals surface area contributed by atoms with Crippen molar-refractivity contribution in [1.29, 1.82) is 0 Å². The highest BCUT2D eigenvalue weighted by Crippen LogP contribution is 2.10. The normalized spacial score (nSPS) is 9.06. The molecule has 0 aliphatic rings. The van der Waals surface area contributed by atoms with Gasteiger partial charge in [-0.25, -0.2) is 0 Å². The molecule has 0 aromatic heterocycles. The standard InChI is InChI=1S/C14H16O3/c1-3-14(15)17-11-5-6-12-7-9-13(10-8-12)16-4-2/h7-10H,3-4,11H2,1-2H3. The second-order valence-electron chi connectivity index (χ2n) is 3.27. The number of esters is 1. The molecule has 0 saturated heterocycles. The van der Waals surface area contributed by atoms with Crippen LogP contribution in [0.1, 0.15) is 25.8 Å². The second kappa shape index (κ2) is 7.34. The topological polar surface area (TPSA) is 35.5 Å². The lowest BCUT2D eigenvalue weighted by molar-refractivity contribution is -0.141. The molecule has 0 heterocycles. The average Bonchev–Trinajstić information content (AvgIpc) is 2.36. The average molecular weight is 232 g/mol. The minimum Gasteiger partial charge on any atom is -0.494 e. The van der Waals surface area contributed by atoms with Gasteiger partial charge >= 0.3 is 5.97 Å². The maximum Gasteiger partial charge on any atom is 0.306 e. The van der Waals surface area contributed by atoms with Gasteiger partial charge in [-0.3, -0.25) is 4.79 Å². The van der Waals surface area contributed by atoms with E-state index >= 15 is 0 Å². The summed E-state index contributed by atoms with van der Waals surface area (Å²) in [7, 11) is 0. The summed E-state index contributed by atoms with van der Waals surface area (Å²) in [5.74, 6) is 6.29. The van der Waals surface area contributed by atoms with E-state index in [1.807, 2.05) is 31.2 Å². The van der Waals surface area contributed by atoms with Gasteiger partial charge in [0, 0.05) is 12.0 Å². The SMILES string of the molecule is CCOc1ccc(C#CCOC(=O)CC)cc1. The van der Waals surface area contributed by atoms with Gasteiger partial charge in [0.05, 0.1) is 6.61 Å². The maximum absolute atomic E-state index is 10.8. The fraction of sp³-hybridized carbons (Fsp3) is 0.357. The van der Waals surface area contributed by atoms with Crippen molar-refractivity contribution in [2.24, 2.45) is 0 Å². The molecule has 0 atom stereocenters. The molecule has 17 heavy (non-hydrogen) atoms. The number of carbonyl (C=O) groups is 1. The van der Waals surface area contributed by atoms with E-state index < -0.39 is 0 Å². The summed E-state index contributed by atoms with van der Waals surface area (Å²) in [5.41, 5.74) is 0.876. The molecular formula is C14H16O3. The van der Waals surface area contributed by atoms with Crippen molar-refractivity contribution in [3.8, 4) is 17.6 Å². The highest BCUT2D eigenvalue weighted by Gasteiger charge is 1.94. The lowest BCUT2D eigenvalue weighted by Gasteiger charge is -2.01. The van der Waals surface area contributed by atoms with Gasteiger partial charge in [-0.1, -0.05) is 18.8 Å². The second-order valence-corrected chi connectivity index (χ2v) is 3.27. The van der Waals surface area contributed by atoms with Crippen molar-refractivity contribution in [3.63, 3.8) is 0 Å². The van der Waals surface area contributed by atoms with Gasteiger partial charge in [0.1, 0.15) is 5.75 Å². The summed E-state index contributed by atoms with van der Waals surface area (Å²) >= 11 is 0. The molecule has 0 N–H and O–H groups in total. The number of hydrogen-bond acceptors (Lipinski definition) is 3. The molecule has 90 valence electrons. The van der Waals surface area contributed by atoms with E-state index in [1.54, 1.807) is 6.92 Å². The van der Waals surface area contributed by atoms with Crippen LogP contribution in [0.5, 0.6) is 5.75 Å². The van der Waals surface area contributed by atoms with Crippen molar-refractivity contribution in [2.45, 2.75) is 20.3 Å². The number of benzene rings is 1. The van der Waals surface area contributed by atoms with E-state index in [-0.39, 0.29) is 12.6 Å². The molecule has 1 aromatic carbocycles. The molecule has 0 saturated carbocycles. The van der Waals surface area contributed by atoms with E-state index in [2.05, 4.69) is 11.8 Å². The van der Waals surface area contributed by atoms with Gasteiger partial charge in [0.2, 0.25) is 0 Å². The van der Waals surface area contributed by atoms with Gasteiger partial charge in [0.25, 0.3) is 0 Å². The van der Waals surface area contributed by atoms with Crippen LogP contribution >= 0.6 is 0 Å². The summed E-state index contributed by atoms with van der Waals surface area (Å²) in [6.45, 7) is 4.48. The number of carbonyl (C=O) groups excluding carboxylic acids is 1. The number of ether oxygens (including phenoxy) is 2. The van der Waals surface area contributed by atoms with Crippen LogP contribution in [-0.2, 0) is 9.53 Å². The van der Waals surface area contributed by atoms with E-state index in [1.165, 1.54) is 0 Å². The Morgan fingerprint density at radius 1 is 1.24 bits per heavy atom. The predicted octanol–water partition coefficient (Wildman–Crippen LogP) is 2.39. The van der Waals surface area contributed by atoms with Gasteiger partial charge in [0.15, 0.2) is 6.61 Å². The first-order valence-electron chi connectivity index (χ1n) is 5.63. The van der Waals surface area contributed by atoms with E-state index in [4.69, 9.17) is 9.47 Å². The molecule has 1 rings (SSSR count). The third kappa shape index (κ3) is 5.07. The summed E-state index contributed by atoms with van der Waals surface area (Å²) in [6, 6.07) is 7.48. The lowest BCUT2D eigenvalue weighted by atomic mass is 10.2. The lowest BCUT2D eigenvalue weighted by Crippen LogP contribution is -2.01. The first-order chi connectivity index (χ1) is 8.26. The van der Waals surface area contributed by atoms with Crippen LogP contribution < -0.4 is 4.74 Å². The number of hydrogen-bond donors (Lipinski definition) is 0. The van der Waals surface area contributed by atoms with Crippen LogP contribution in [0.3, 0.4) is 0 Å². The molecule has 0 spiro atoms. The highest BCUT2D eigenvalue weighted by molar-refractivity contribution is 5.69. The van der Waals surface area contributed by atoms with Crippen LogP contribution in [0.2, 0.25) is 0 Å². The minimum atomic E-state index is -0.231. The summed E-state index contributed by atoms with van der Waals surface area (Å²) in [5, 5.41) is 0. The predicted molar refractivity (Wildman–Crippen MR) is 65.7 cm³/mol. The van der Waals surface area contributed by atoms with Gasteiger partial charge in [-0.05, 0) is 31.2 Å². The van der Waals surface area contributed by atoms with Gasteiger partial charge in [-0.2, -0.15) is 0 Å². The molecule has 3 nitrogen and oxygen atoms in total. The van der Waals surface area contributed by atoms with Crippen LogP contribution in [0, 0.1) is 11.8 Å². The summed E-state index contributed by atoms with van der Waals surface area (Å²) in [6.07, 6.45) is 0.380. The van der Waals surface area contributed by atoms with Gasteiger partial charge in [-0.15, -0.1) is 0 Å². The third-order valence-electron chi connectivity index (χ3n) is 1.99. The zero-order valence-electron chi connectivity index (χ0n) is 10.2. The Balaban J connectivity index is 2.46. The Morgan fingerprint density at radius 2 is 1.94 bits per heavy atom. The Hall–Kier alpha value is -1.95. The zero-order chi connectivity index (χ0) is 12.5. The monoisotopic (exact) mass is 232 g/mol. The van der Waals surface area contributed by atoms with Crippen LogP contribution in [0.25, 0.3) is 0 Å². The summed E-state index contributed by atoms with van der Waals surface area (Å²) in [4.78, 5) is 10.8. The van der Waals surface area contributed by atoms with Crippen molar-refractivity contribution in [2.75, 3.05) is 13.2 Å². The molecule has 0 amide bonds. The fourth-order valence-electron chi connectivity index (χ4n) is 1.16. The highest BCUT2D eigenvalue weighted by atomic mass is 16.5. The largest absolute Gasteiger partial charge is 0.494 e. The molecule has 3 heteroatoms. The van der Waals surface area contributed by atoms with E-state index in [0.717, 1.165) is 11.3 Å². The molecule has 0 fully saturated rings. The van der Waals surface area contributed by atoms with Crippen molar-refractivity contribution >= 4 is 5.97 Å². The Kier molecular flexibility index (Phi) is 5.67. The number of rotatable bonds is 4. The Labute approximate surface area is 102 Å². The Bertz CT molecular complexity index is 409. The minimum absolute atomic E-state index is 0.139. The third-order valence-corrected chi connectivity index (χ3v) is 1.99. The quantitative estimate of drug-likeness (QED) is 0.590. The smallest absolute Gasteiger partial charge is 0.306 e. The van der Waals surface area contributed by atoms with Crippen molar-refractivity contribution in [3.05, 3.63) is 29.8 Å². The van der Waals surface area contributed by atoms with Gasteiger partial charge < -0.3 is 9.47 Å². The van der Waals surface area contributed by atoms with Crippen LogP contribution in [0.4, 0.5) is 0 Å². The van der Waals surface area contributed by atoms with Crippen molar-refractivity contribution in [1.82, 2.24) is 0 Å². The first-order valence-corrected chi connectivity index (χ1v) is 5.63. The molecule has 0 aliphatic heterocycles. The zero-order valence-corrected chi connectivity index (χ0v) is 10.2. The Morgan fingerprint density at radius 3 is 2.53 bits per heavy atom. The van der Waals surface area contributed by atoms with E-state index in [9.17, 15) is 4.79 Å². The van der Waals surface area contributed by atoms with Crippen LogP contribution in [-0.4, -0.2) is 19.2 Å². The molecule has 0 aliphatic carbocycles. The van der Waals surface area contributed by atoms with E-state index in [0.29, 0.717) is 13.0 Å². The fourth-order valence-corrected chi connectivity index (χ4v) is 1.16. The molecule has 0 radical (unpaired) electrons. The molecule has 0 unspecified atom stereocenters.